The van der Waals surface area contributed by atoms with E-state index in [-0.39, 0.29) is 17.3 Å². The summed E-state index contributed by atoms with van der Waals surface area (Å²) in [5.74, 6) is 0.434. The second-order valence-corrected chi connectivity index (χ2v) is 9.03. The van der Waals surface area contributed by atoms with Crippen LogP contribution in [-0.2, 0) is 14.9 Å². The van der Waals surface area contributed by atoms with Crippen molar-refractivity contribution in [3.8, 4) is 5.75 Å². The summed E-state index contributed by atoms with van der Waals surface area (Å²) in [6, 6.07) is 15.5. The van der Waals surface area contributed by atoms with Crippen LogP contribution in [0.4, 0.5) is 0 Å². The second-order valence-electron chi connectivity index (χ2n) is 7.65. The first kappa shape index (κ1) is 22.2. The normalized spacial score (nSPS) is 16.0. The minimum atomic E-state index is -0.390. The first-order valence-electron chi connectivity index (χ1n) is 10.3. The fourth-order valence-corrected chi connectivity index (χ4v) is 5.20. The highest BCUT2D eigenvalue weighted by Crippen LogP contribution is 2.44. The van der Waals surface area contributed by atoms with Gasteiger partial charge in [-0.25, -0.2) is 0 Å². The molecule has 0 aliphatic heterocycles. The molecule has 5 nitrogen and oxygen atoms in total. The highest BCUT2D eigenvalue weighted by molar-refractivity contribution is 8.00. The van der Waals surface area contributed by atoms with Gasteiger partial charge >= 0.3 is 5.97 Å². The predicted octanol–water partition coefficient (Wildman–Crippen LogP) is 4.59. The molecule has 1 aliphatic rings. The summed E-state index contributed by atoms with van der Waals surface area (Å²) in [7, 11) is 3.06. The van der Waals surface area contributed by atoms with Crippen molar-refractivity contribution in [3.63, 3.8) is 0 Å². The van der Waals surface area contributed by atoms with Crippen LogP contribution in [0, 0.1) is 0 Å². The highest BCUT2D eigenvalue weighted by Gasteiger charge is 2.38. The minimum absolute atomic E-state index is 0.121. The SMILES string of the molecule is COC(=O)C(C)Sc1ccccc1C(=O)NCC1(c2ccccc2OC)CCCC1. The summed E-state index contributed by atoms with van der Waals surface area (Å²) in [6.07, 6.45) is 4.31. The number of esters is 1. The Morgan fingerprint density at radius 3 is 2.43 bits per heavy atom. The van der Waals surface area contributed by atoms with Gasteiger partial charge in [-0.1, -0.05) is 43.2 Å². The van der Waals surface area contributed by atoms with Crippen LogP contribution >= 0.6 is 11.8 Å². The molecule has 0 spiro atoms. The number of amides is 1. The Balaban J connectivity index is 1.78. The van der Waals surface area contributed by atoms with Crippen LogP contribution in [0.2, 0.25) is 0 Å². The Morgan fingerprint density at radius 1 is 1.07 bits per heavy atom. The standard InChI is InChI=1S/C24H29NO4S/c1-17(23(27)29-3)30-21-13-7-4-10-18(21)22(26)25-16-24(14-8-9-15-24)19-11-5-6-12-20(19)28-2/h4-7,10-13,17H,8-9,14-16H2,1-3H3,(H,25,26). The third-order valence-electron chi connectivity index (χ3n) is 5.79. The van der Waals surface area contributed by atoms with Crippen LogP contribution in [0.25, 0.3) is 0 Å². The third-order valence-corrected chi connectivity index (χ3v) is 6.95. The number of thioether (sulfide) groups is 1. The summed E-state index contributed by atoms with van der Waals surface area (Å²) < 4.78 is 10.4. The van der Waals surface area contributed by atoms with Gasteiger partial charge in [0.15, 0.2) is 0 Å². The first-order chi connectivity index (χ1) is 14.5. The number of para-hydroxylation sites is 1. The average molecular weight is 428 g/mol. The molecule has 0 saturated heterocycles. The number of benzene rings is 2. The lowest BCUT2D eigenvalue weighted by Gasteiger charge is -2.31. The quantitative estimate of drug-likeness (QED) is 0.493. The molecular weight excluding hydrogens is 398 g/mol. The molecule has 30 heavy (non-hydrogen) atoms. The molecule has 0 radical (unpaired) electrons. The van der Waals surface area contributed by atoms with Gasteiger partial charge in [-0.15, -0.1) is 11.8 Å². The van der Waals surface area contributed by atoms with Crippen molar-refractivity contribution in [1.82, 2.24) is 5.32 Å². The van der Waals surface area contributed by atoms with Gasteiger partial charge < -0.3 is 14.8 Å². The highest BCUT2D eigenvalue weighted by atomic mass is 32.2. The van der Waals surface area contributed by atoms with E-state index in [2.05, 4.69) is 11.4 Å². The maximum Gasteiger partial charge on any atom is 0.318 e. The molecule has 6 heteroatoms. The lowest BCUT2D eigenvalue weighted by Crippen LogP contribution is -2.39. The summed E-state index contributed by atoms with van der Waals surface area (Å²) in [4.78, 5) is 25.7. The zero-order valence-electron chi connectivity index (χ0n) is 17.8. The van der Waals surface area contributed by atoms with Crippen molar-refractivity contribution in [2.45, 2.75) is 48.2 Å². The van der Waals surface area contributed by atoms with Crippen LogP contribution in [0.1, 0.15) is 48.5 Å². The van der Waals surface area contributed by atoms with Crippen molar-refractivity contribution >= 4 is 23.6 Å². The number of hydrogen-bond acceptors (Lipinski definition) is 5. The van der Waals surface area contributed by atoms with E-state index in [1.807, 2.05) is 36.4 Å². The molecule has 2 aromatic rings. The van der Waals surface area contributed by atoms with E-state index in [9.17, 15) is 9.59 Å². The van der Waals surface area contributed by atoms with Crippen LogP contribution in [0.5, 0.6) is 5.75 Å². The zero-order chi connectivity index (χ0) is 21.6. The zero-order valence-corrected chi connectivity index (χ0v) is 18.6. The molecule has 1 N–H and O–H groups in total. The molecular formula is C24H29NO4S. The van der Waals surface area contributed by atoms with Gasteiger partial charge in [-0.2, -0.15) is 0 Å². The van der Waals surface area contributed by atoms with Crippen molar-refractivity contribution in [3.05, 3.63) is 59.7 Å². The van der Waals surface area contributed by atoms with Crippen molar-refractivity contribution < 1.29 is 19.1 Å². The fourth-order valence-electron chi connectivity index (χ4n) is 4.18. The molecule has 1 saturated carbocycles. The predicted molar refractivity (Wildman–Crippen MR) is 119 cm³/mol. The summed E-state index contributed by atoms with van der Waals surface area (Å²) >= 11 is 1.34. The Bertz CT molecular complexity index is 892. The molecule has 160 valence electrons. The molecule has 1 fully saturated rings. The molecule has 1 aliphatic carbocycles. The van der Waals surface area contributed by atoms with Crippen LogP contribution < -0.4 is 10.1 Å². The molecule has 0 bridgehead atoms. The van der Waals surface area contributed by atoms with Crippen molar-refractivity contribution in [1.29, 1.82) is 0 Å². The van der Waals surface area contributed by atoms with Gasteiger partial charge in [0.2, 0.25) is 0 Å². The molecule has 2 aromatic carbocycles. The molecule has 1 atom stereocenters. The van der Waals surface area contributed by atoms with Gasteiger partial charge in [0.25, 0.3) is 5.91 Å². The first-order valence-corrected chi connectivity index (χ1v) is 11.1. The van der Waals surface area contributed by atoms with Gasteiger partial charge in [-0.3, -0.25) is 9.59 Å². The molecule has 1 amide bonds. The van der Waals surface area contributed by atoms with Crippen LogP contribution in [0.3, 0.4) is 0 Å². The summed E-state index contributed by atoms with van der Waals surface area (Å²) in [5, 5.41) is 2.77. The smallest absolute Gasteiger partial charge is 0.318 e. The maximum absolute atomic E-state index is 13.1. The number of carbonyl (C=O) groups is 2. The monoisotopic (exact) mass is 427 g/mol. The maximum atomic E-state index is 13.1. The van der Waals surface area contributed by atoms with E-state index in [1.165, 1.54) is 18.9 Å². The van der Waals surface area contributed by atoms with Crippen LogP contribution in [-0.4, -0.2) is 37.9 Å². The molecule has 1 unspecified atom stereocenters. The lowest BCUT2D eigenvalue weighted by atomic mass is 9.78. The minimum Gasteiger partial charge on any atom is -0.496 e. The Morgan fingerprint density at radius 2 is 1.73 bits per heavy atom. The summed E-state index contributed by atoms with van der Waals surface area (Å²) in [6.45, 7) is 2.33. The number of carbonyl (C=O) groups excluding carboxylic acids is 2. The third kappa shape index (κ3) is 4.81. The van der Waals surface area contributed by atoms with Gasteiger partial charge in [0.05, 0.1) is 19.8 Å². The molecule has 0 heterocycles. The van der Waals surface area contributed by atoms with E-state index < -0.39 is 5.25 Å². The summed E-state index contributed by atoms with van der Waals surface area (Å²) in [5.41, 5.74) is 1.61. The lowest BCUT2D eigenvalue weighted by molar-refractivity contribution is -0.139. The fraction of sp³-hybridized carbons (Fsp3) is 0.417. The number of methoxy groups -OCH3 is 2. The van der Waals surface area contributed by atoms with E-state index in [0.717, 1.165) is 41.9 Å². The van der Waals surface area contributed by atoms with E-state index in [4.69, 9.17) is 9.47 Å². The Kier molecular flexibility index (Phi) is 7.43. The largest absolute Gasteiger partial charge is 0.496 e. The van der Waals surface area contributed by atoms with E-state index >= 15 is 0 Å². The van der Waals surface area contributed by atoms with E-state index in [1.54, 1.807) is 20.1 Å². The molecule has 3 rings (SSSR count). The van der Waals surface area contributed by atoms with Crippen LogP contribution in [0.15, 0.2) is 53.4 Å². The Hall–Kier alpha value is -2.47. The topological polar surface area (TPSA) is 64.6 Å². The van der Waals surface area contributed by atoms with E-state index in [0.29, 0.717) is 12.1 Å². The number of nitrogens with one attached hydrogen (secondary N) is 1. The van der Waals surface area contributed by atoms with Crippen molar-refractivity contribution in [2.24, 2.45) is 0 Å². The number of hydrogen-bond donors (Lipinski definition) is 1. The van der Waals surface area contributed by atoms with Gasteiger partial charge in [0, 0.05) is 22.4 Å². The molecule has 0 aromatic heterocycles. The number of rotatable bonds is 8. The average Bonchev–Trinajstić information content (AvgIpc) is 3.27. The van der Waals surface area contributed by atoms with Gasteiger partial charge in [0.1, 0.15) is 11.0 Å². The Labute approximate surface area is 182 Å². The van der Waals surface area contributed by atoms with Gasteiger partial charge in [-0.05, 0) is 38.0 Å². The second kappa shape index (κ2) is 10.0. The van der Waals surface area contributed by atoms with Crippen molar-refractivity contribution in [2.75, 3.05) is 20.8 Å². The number of ether oxygens (including phenoxy) is 2.